The second-order valence-corrected chi connectivity index (χ2v) is 3.29. The van der Waals surface area contributed by atoms with Crippen molar-refractivity contribution in [1.82, 2.24) is 10.2 Å². The molecule has 54 valence electrons. The second kappa shape index (κ2) is 2.88. The fourth-order valence-electron chi connectivity index (χ4n) is 0.527. The molecule has 0 aliphatic rings. The molecule has 0 aliphatic heterocycles. The summed E-state index contributed by atoms with van der Waals surface area (Å²) >= 11 is 1.35. The van der Waals surface area contributed by atoms with Crippen molar-refractivity contribution in [1.29, 1.82) is 0 Å². The molecule has 0 fully saturated rings. The molecule has 0 aliphatic carbocycles. The number of aldehydes is 1. The van der Waals surface area contributed by atoms with Crippen LogP contribution in [0.25, 0.3) is 0 Å². The van der Waals surface area contributed by atoms with E-state index in [0.717, 1.165) is 11.3 Å². The van der Waals surface area contributed by atoms with E-state index < -0.39 is 0 Å². The minimum absolute atomic E-state index is 0.367. The van der Waals surface area contributed by atoms with E-state index in [2.05, 4.69) is 10.2 Å². The molecule has 0 unspecified atom stereocenters. The first-order valence-electron chi connectivity index (χ1n) is 3.02. The highest BCUT2D eigenvalue weighted by Gasteiger charge is 2.05. The number of hydrogen-bond acceptors (Lipinski definition) is 4. The molecule has 1 aromatic heterocycles. The lowest BCUT2D eigenvalue weighted by atomic mass is 10.2. The average Bonchev–Trinajstić information content (AvgIpc) is 2.34. The van der Waals surface area contributed by atoms with Crippen molar-refractivity contribution in [2.75, 3.05) is 0 Å². The van der Waals surface area contributed by atoms with E-state index in [0.29, 0.717) is 10.9 Å². The van der Waals surface area contributed by atoms with Gasteiger partial charge in [-0.3, -0.25) is 4.79 Å². The third-order valence-electron chi connectivity index (χ3n) is 1.05. The van der Waals surface area contributed by atoms with Gasteiger partial charge in [0.1, 0.15) is 5.01 Å². The third kappa shape index (κ3) is 1.39. The van der Waals surface area contributed by atoms with Crippen molar-refractivity contribution >= 4 is 17.6 Å². The van der Waals surface area contributed by atoms with Gasteiger partial charge in [-0.2, -0.15) is 0 Å². The minimum atomic E-state index is 0.367. The van der Waals surface area contributed by atoms with Gasteiger partial charge in [0.05, 0.1) is 0 Å². The summed E-state index contributed by atoms with van der Waals surface area (Å²) < 4.78 is 0. The summed E-state index contributed by atoms with van der Waals surface area (Å²) in [4.78, 5) is 10.2. The lowest BCUT2D eigenvalue weighted by Gasteiger charge is -1.92. The molecule has 0 radical (unpaired) electrons. The van der Waals surface area contributed by atoms with Gasteiger partial charge < -0.3 is 0 Å². The van der Waals surface area contributed by atoms with E-state index >= 15 is 0 Å². The van der Waals surface area contributed by atoms with Gasteiger partial charge in [-0.25, -0.2) is 0 Å². The number of hydrogen-bond donors (Lipinski definition) is 0. The molecule has 0 amide bonds. The molecule has 0 aromatic carbocycles. The molecule has 0 spiro atoms. The van der Waals surface area contributed by atoms with Crippen molar-refractivity contribution in [3.05, 3.63) is 10.0 Å². The van der Waals surface area contributed by atoms with Crippen molar-refractivity contribution in [3.8, 4) is 0 Å². The number of rotatable bonds is 2. The third-order valence-corrected chi connectivity index (χ3v) is 2.20. The van der Waals surface area contributed by atoms with E-state index in [1.807, 2.05) is 13.8 Å². The molecule has 0 N–H and O–H groups in total. The molecule has 3 nitrogen and oxygen atoms in total. The molecule has 4 heteroatoms. The number of carbonyl (C=O) groups excluding carboxylic acids is 1. The van der Waals surface area contributed by atoms with Gasteiger partial charge in [-0.05, 0) is 0 Å². The monoisotopic (exact) mass is 156 g/mol. The summed E-state index contributed by atoms with van der Waals surface area (Å²) in [5.41, 5.74) is 0. The van der Waals surface area contributed by atoms with Crippen LogP contribution in [-0.2, 0) is 0 Å². The van der Waals surface area contributed by atoms with Crippen LogP contribution >= 0.6 is 11.3 Å². The molecule has 0 saturated carbocycles. The number of aromatic nitrogens is 2. The van der Waals surface area contributed by atoms with Crippen molar-refractivity contribution in [2.45, 2.75) is 19.8 Å². The highest BCUT2D eigenvalue weighted by molar-refractivity contribution is 7.12. The van der Waals surface area contributed by atoms with Crippen LogP contribution in [0.4, 0.5) is 0 Å². The maximum Gasteiger partial charge on any atom is 0.180 e. The smallest absolute Gasteiger partial charge is 0.180 e. The van der Waals surface area contributed by atoms with Crippen LogP contribution in [0.5, 0.6) is 0 Å². The van der Waals surface area contributed by atoms with E-state index in [9.17, 15) is 4.79 Å². The molecule has 0 atom stereocenters. The Balaban J connectivity index is 2.88. The molecule has 0 bridgehead atoms. The summed E-state index contributed by atoms with van der Waals surface area (Å²) in [5.74, 6) is 0.367. The van der Waals surface area contributed by atoms with Crippen molar-refractivity contribution < 1.29 is 4.79 Å². The highest BCUT2D eigenvalue weighted by atomic mass is 32.1. The lowest BCUT2D eigenvalue weighted by molar-refractivity contribution is 0.112. The van der Waals surface area contributed by atoms with E-state index in [4.69, 9.17) is 0 Å². The summed E-state index contributed by atoms with van der Waals surface area (Å²) in [6.07, 6.45) is 0.726. The Morgan fingerprint density at radius 2 is 2.20 bits per heavy atom. The van der Waals surface area contributed by atoms with Crippen LogP contribution in [0.2, 0.25) is 0 Å². The Kier molecular flexibility index (Phi) is 2.11. The highest BCUT2D eigenvalue weighted by Crippen LogP contribution is 2.17. The van der Waals surface area contributed by atoms with Crippen LogP contribution in [0.3, 0.4) is 0 Å². The number of nitrogens with zero attached hydrogens (tertiary/aromatic N) is 2. The number of carbonyl (C=O) groups is 1. The van der Waals surface area contributed by atoms with Gasteiger partial charge in [0.15, 0.2) is 11.3 Å². The summed E-state index contributed by atoms with van der Waals surface area (Å²) in [6.45, 7) is 4.05. The molecule has 1 rings (SSSR count). The maximum atomic E-state index is 10.2. The Morgan fingerprint density at radius 1 is 1.50 bits per heavy atom. The van der Waals surface area contributed by atoms with E-state index in [1.165, 1.54) is 11.3 Å². The first kappa shape index (κ1) is 7.34. The Labute approximate surface area is 63.1 Å². The topological polar surface area (TPSA) is 42.9 Å². The first-order chi connectivity index (χ1) is 4.74. The Morgan fingerprint density at radius 3 is 2.50 bits per heavy atom. The zero-order chi connectivity index (χ0) is 7.56. The van der Waals surface area contributed by atoms with Gasteiger partial charge in [0, 0.05) is 5.92 Å². The van der Waals surface area contributed by atoms with Gasteiger partial charge >= 0.3 is 0 Å². The second-order valence-electron chi connectivity index (χ2n) is 2.25. The summed E-state index contributed by atoms with van der Waals surface area (Å²) in [5, 5.41) is 8.86. The lowest BCUT2D eigenvalue weighted by Crippen LogP contribution is -1.83. The fourth-order valence-corrected chi connectivity index (χ4v) is 1.19. The maximum absolute atomic E-state index is 10.2. The SMILES string of the molecule is CC(C)c1nnc(C=O)s1. The zero-order valence-corrected chi connectivity index (χ0v) is 6.68. The van der Waals surface area contributed by atoms with Gasteiger partial charge in [0.2, 0.25) is 0 Å². The van der Waals surface area contributed by atoms with Gasteiger partial charge in [-0.15, -0.1) is 10.2 Å². The molecule has 1 aromatic rings. The standard InChI is InChI=1S/C6H8N2OS/c1-4(2)6-8-7-5(3-9)10-6/h3-4H,1-2H3. The van der Waals surface area contributed by atoms with Crippen molar-refractivity contribution in [2.24, 2.45) is 0 Å². The Bertz CT molecular complexity index is 231. The first-order valence-corrected chi connectivity index (χ1v) is 3.84. The van der Waals surface area contributed by atoms with Gasteiger partial charge in [0.25, 0.3) is 0 Å². The van der Waals surface area contributed by atoms with E-state index in [-0.39, 0.29) is 0 Å². The molecular weight excluding hydrogens is 148 g/mol. The van der Waals surface area contributed by atoms with Gasteiger partial charge in [-0.1, -0.05) is 25.2 Å². The normalized spacial score (nSPS) is 10.3. The van der Waals surface area contributed by atoms with Crippen LogP contribution in [0.15, 0.2) is 0 Å². The van der Waals surface area contributed by atoms with E-state index in [1.54, 1.807) is 0 Å². The predicted octanol–water partition coefficient (Wildman–Crippen LogP) is 1.47. The van der Waals surface area contributed by atoms with Crippen LogP contribution in [-0.4, -0.2) is 16.5 Å². The fraction of sp³-hybridized carbons (Fsp3) is 0.500. The van der Waals surface area contributed by atoms with Crippen molar-refractivity contribution in [3.63, 3.8) is 0 Å². The summed E-state index contributed by atoms with van der Waals surface area (Å²) in [7, 11) is 0. The zero-order valence-electron chi connectivity index (χ0n) is 5.87. The largest absolute Gasteiger partial charge is 0.295 e. The minimum Gasteiger partial charge on any atom is -0.295 e. The predicted molar refractivity (Wildman–Crippen MR) is 39.4 cm³/mol. The molecule has 1 heterocycles. The summed E-state index contributed by atoms with van der Waals surface area (Å²) in [6, 6.07) is 0. The average molecular weight is 156 g/mol. The van der Waals surface area contributed by atoms with Crippen LogP contribution < -0.4 is 0 Å². The Hall–Kier alpha value is -0.770. The molecule has 0 saturated heterocycles. The quantitative estimate of drug-likeness (QED) is 0.609. The molecular formula is C6H8N2OS. The van der Waals surface area contributed by atoms with Crippen LogP contribution in [0.1, 0.15) is 34.6 Å². The molecule has 10 heavy (non-hydrogen) atoms. The van der Waals surface area contributed by atoms with Crippen LogP contribution in [0, 0.1) is 0 Å².